The van der Waals surface area contributed by atoms with Crippen LogP contribution in [0.25, 0.3) is 0 Å². The molecule has 8 heteroatoms. The van der Waals surface area contributed by atoms with E-state index >= 15 is 0 Å². The summed E-state index contributed by atoms with van der Waals surface area (Å²) in [6.45, 7) is 0. The first kappa shape index (κ1) is 15.3. The van der Waals surface area contributed by atoms with Crippen molar-refractivity contribution in [3.63, 3.8) is 0 Å². The summed E-state index contributed by atoms with van der Waals surface area (Å²) in [5.74, 6) is 0.838. The highest BCUT2D eigenvalue weighted by atomic mass is 32.2. The van der Waals surface area contributed by atoms with Crippen molar-refractivity contribution in [3.8, 4) is 5.75 Å². The molecule has 2 atom stereocenters. The highest BCUT2D eigenvalue weighted by molar-refractivity contribution is 7.91. The van der Waals surface area contributed by atoms with E-state index < -0.39 is 10.0 Å². The number of aromatic nitrogens is 1. The molecular formula is C14H17N3O3S2. The van der Waals surface area contributed by atoms with Crippen molar-refractivity contribution in [2.45, 2.75) is 35.6 Å². The smallest absolute Gasteiger partial charge is 0.249 e. The molecule has 1 aliphatic carbocycles. The van der Waals surface area contributed by atoms with Crippen LogP contribution < -0.4 is 15.2 Å². The molecule has 0 spiro atoms. The molecule has 0 aliphatic heterocycles. The summed E-state index contributed by atoms with van der Waals surface area (Å²) in [5, 5.41) is 8.92. The maximum atomic E-state index is 11.3. The first-order valence-electron chi connectivity index (χ1n) is 6.99. The molecule has 0 radical (unpaired) electrons. The predicted octanol–water partition coefficient (Wildman–Crippen LogP) is 2.20. The second kappa shape index (κ2) is 6.23. The number of hydrogen-bond acceptors (Lipinski definition) is 6. The Bertz CT molecular complexity index is 731. The minimum absolute atomic E-state index is 0.0456. The van der Waals surface area contributed by atoms with Crippen molar-refractivity contribution in [1.29, 1.82) is 0 Å². The maximum Gasteiger partial charge on any atom is 0.249 e. The van der Waals surface area contributed by atoms with Gasteiger partial charge in [0.25, 0.3) is 0 Å². The Kier molecular flexibility index (Phi) is 4.32. The molecule has 1 aromatic carbocycles. The lowest BCUT2D eigenvalue weighted by molar-refractivity contribution is 0.198. The van der Waals surface area contributed by atoms with Crippen LogP contribution in [-0.4, -0.2) is 25.5 Å². The van der Waals surface area contributed by atoms with Crippen LogP contribution >= 0.6 is 11.3 Å². The number of para-hydroxylation sites is 1. The molecule has 2 aromatic rings. The Hall–Kier alpha value is -1.64. The summed E-state index contributed by atoms with van der Waals surface area (Å²) >= 11 is 1.04. The van der Waals surface area contributed by atoms with Gasteiger partial charge in [-0.1, -0.05) is 29.5 Å². The van der Waals surface area contributed by atoms with Crippen LogP contribution in [0.2, 0.25) is 0 Å². The zero-order chi connectivity index (χ0) is 15.6. The van der Waals surface area contributed by atoms with Crippen molar-refractivity contribution in [2.24, 2.45) is 5.14 Å². The molecule has 1 heterocycles. The summed E-state index contributed by atoms with van der Waals surface area (Å²) in [4.78, 5) is 4.08. The fraction of sp³-hybridized carbons (Fsp3) is 0.357. The lowest BCUT2D eigenvalue weighted by Gasteiger charge is -2.22. The largest absolute Gasteiger partial charge is 0.488 e. The normalized spacial score (nSPS) is 21.7. The van der Waals surface area contributed by atoms with E-state index in [0.29, 0.717) is 5.13 Å². The van der Waals surface area contributed by atoms with E-state index in [1.807, 2.05) is 30.3 Å². The summed E-state index contributed by atoms with van der Waals surface area (Å²) in [5.41, 5.74) is 0. The van der Waals surface area contributed by atoms with Crippen molar-refractivity contribution < 1.29 is 13.2 Å². The number of primary sulfonamides is 1. The van der Waals surface area contributed by atoms with Gasteiger partial charge in [-0.25, -0.2) is 18.5 Å². The van der Waals surface area contributed by atoms with Crippen LogP contribution in [0.4, 0.5) is 5.13 Å². The molecule has 0 bridgehead atoms. The van der Waals surface area contributed by atoms with Gasteiger partial charge in [0.2, 0.25) is 10.0 Å². The molecule has 1 saturated carbocycles. The van der Waals surface area contributed by atoms with Gasteiger partial charge in [-0.2, -0.15) is 0 Å². The molecule has 22 heavy (non-hydrogen) atoms. The summed E-state index contributed by atoms with van der Waals surface area (Å²) in [6, 6.07) is 9.79. The van der Waals surface area contributed by atoms with Crippen molar-refractivity contribution in [3.05, 3.63) is 36.5 Å². The minimum atomic E-state index is -3.69. The summed E-state index contributed by atoms with van der Waals surface area (Å²) in [6.07, 6.45) is 4.30. The number of sulfonamides is 1. The number of nitrogens with one attached hydrogen (secondary N) is 1. The van der Waals surface area contributed by atoms with Crippen molar-refractivity contribution >= 4 is 26.5 Å². The van der Waals surface area contributed by atoms with E-state index in [0.717, 1.165) is 36.3 Å². The second-order valence-electron chi connectivity index (χ2n) is 5.18. The van der Waals surface area contributed by atoms with Crippen LogP contribution in [0.5, 0.6) is 5.75 Å². The van der Waals surface area contributed by atoms with E-state index in [2.05, 4.69) is 10.3 Å². The lowest BCUT2D eigenvalue weighted by Crippen LogP contribution is -2.32. The monoisotopic (exact) mass is 339 g/mol. The molecule has 1 fully saturated rings. The molecule has 0 unspecified atom stereocenters. The highest BCUT2D eigenvalue weighted by Gasteiger charge is 2.30. The zero-order valence-corrected chi connectivity index (χ0v) is 13.4. The van der Waals surface area contributed by atoms with E-state index in [4.69, 9.17) is 9.88 Å². The third-order valence-electron chi connectivity index (χ3n) is 3.56. The average Bonchev–Trinajstić information content (AvgIpc) is 3.10. The quantitative estimate of drug-likeness (QED) is 0.871. The Labute approximate surface area is 133 Å². The van der Waals surface area contributed by atoms with Gasteiger partial charge in [0.15, 0.2) is 9.34 Å². The van der Waals surface area contributed by atoms with Crippen LogP contribution in [0, 0.1) is 0 Å². The van der Waals surface area contributed by atoms with E-state index in [1.54, 1.807) is 0 Å². The minimum Gasteiger partial charge on any atom is -0.488 e. The Morgan fingerprint density at radius 3 is 2.73 bits per heavy atom. The lowest BCUT2D eigenvalue weighted by atomic mass is 10.2. The van der Waals surface area contributed by atoms with E-state index in [9.17, 15) is 8.42 Å². The zero-order valence-electron chi connectivity index (χ0n) is 11.8. The fourth-order valence-electron chi connectivity index (χ4n) is 2.52. The predicted molar refractivity (Wildman–Crippen MR) is 85.6 cm³/mol. The third kappa shape index (κ3) is 3.57. The number of ether oxygens (including phenoxy) is 1. The van der Waals surface area contributed by atoms with Crippen LogP contribution in [0.3, 0.4) is 0 Å². The number of rotatable bonds is 5. The number of hydrogen-bond donors (Lipinski definition) is 2. The number of benzene rings is 1. The number of nitrogens with two attached hydrogens (primary N) is 1. The van der Waals surface area contributed by atoms with Crippen LogP contribution in [0.1, 0.15) is 19.3 Å². The molecule has 3 rings (SSSR count). The maximum absolute atomic E-state index is 11.3. The molecule has 1 aliphatic rings. The molecule has 1 aromatic heterocycles. The third-order valence-corrected chi connectivity index (χ3v) is 5.89. The molecule has 3 N–H and O–H groups in total. The van der Waals surface area contributed by atoms with Gasteiger partial charge in [-0.15, -0.1) is 0 Å². The van der Waals surface area contributed by atoms with Gasteiger partial charge in [-0.05, 0) is 31.4 Å². The molecule has 0 amide bonds. The van der Waals surface area contributed by atoms with E-state index in [1.165, 1.54) is 6.20 Å². The number of thiazole rings is 1. The first-order chi connectivity index (χ1) is 10.5. The van der Waals surface area contributed by atoms with Gasteiger partial charge in [-0.3, -0.25) is 0 Å². The highest BCUT2D eigenvalue weighted by Crippen LogP contribution is 2.29. The van der Waals surface area contributed by atoms with Crippen molar-refractivity contribution in [1.82, 2.24) is 4.98 Å². The number of anilines is 1. The van der Waals surface area contributed by atoms with Gasteiger partial charge in [0.05, 0.1) is 12.2 Å². The molecule has 118 valence electrons. The van der Waals surface area contributed by atoms with Gasteiger partial charge in [0, 0.05) is 0 Å². The van der Waals surface area contributed by atoms with Crippen LogP contribution in [0.15, 0.2) is 40.7 Å². The van der Waals surface area contributed by atoms with Gasteiger partial charge in [0.1, 0.15) is 11.9 Å². The summed E-state index contributed by atoms with van der Waals surface area (Å²) < 4.78 is 28.6. The van der Waals surface area contributed by atoms with Gasteiger partial charge >= 0.3 is 0 Å². The fourth-order valence-corrected chi connectivity index (χ4v) is 4.03. The number of nitrogens with zero attached hydrogens (tertiary/aromatic N) is 1. The Morgan fingerprint density at radius 2 is 2.05 bits per heavy atom. The average molecular weight is 339 g/mol. The molecule has 0 saturated heterocycles. The topological polar surface area (TPSA) is 94.3 Å². The van der Waals surface area contributed by atoms with Crippen LogP contribution in [-0.2, 0) is 10.0 Å². The molecule has 6 nitrogen and oxygen atoms in total. The second-order valence-corrected chi connectivity index (χ2v) is 8.00. The first-order valence-corrected chi connectivity index (χ1v) is 9.35. The Balaban J connectivity index is 1.67. The van der Waals surface area contributed by atoms with Gasteiger partial charge < -0.3 is 10.1 Å². The molecular weight excluding hydrogens is 322 g/mol. The van der Waals surface area contributed by atoms with Crippen molar-refractivity contribution in [2.75, 3.05) is 5.32 Å². The SMILES string of the molecule is NS(=O)(=O)c1cnc(N[C@@H]2CCC[C@H]2Oc2ccccc2)s1. The summed E-state index contributed by atoms with van der Waals surface area (Å²) in [7, 11) is -3.69. The Morgan fingerprint density at radius 1 is 1.27 bits per heavy atom. The van der Waals surface area contributed by atoms with E-state index in [-0.39, 0.29) is 16.4 Å². The standard InChI is InChI=1S/C14H17N3O3S2/c15-22(18,19)13-9-16-14(21-13)17-11-7-4-8-12(11)20-10-5-2-1-3-6-10/h1-3,5-6,9,11-12H,4,7-8H2,(H,16,17)(H2,15,18,19)/t11-,12-/m1/s1.